The monoisotopic (exact) mass is 321 g/mol. The first-order chi connectivity index (χ1) is 10.3. The van der Waals surface area contributed by atoms with Crippen LogP contribution in [-0.2, 0) is 18.4 Å². The Morgan fingerprint density at radius 1 is 1.27 bits per heavy atom. The number of hydrogen-bond acceptors (Lipinski definition) is 2. The highest BCUT2D eigenvalue weighted by Crippen LogP contribution is 2.19. The van der Waals surface area contributed by atoms with Crippen LogP contribution in [0.2, 0.25) is 0 Å². The van der Waals surface area contributed by atoms with E-state index < -0.39 is 0 Å². The van der Waals surface area contributed by atoms with Crippen molar-refractivity contribution in [2.75, 3.05) is 19.6 Å². The van der Waals surface area contributed by atoms with Crippen LogP contribution >= 0.6 is 12.4 Å². The van der Waals surface area contributed by atoms with Crippen LogP contribution in [0.15, 0.2) is 30.5 Å². The minimum atomic E-state index is 0. The van der Waals surface area contributed by atoms with Crippen molar-refractivity contribution < 1.29 is 4.79 Å². The molecule has 0 bridgehead atoms. The number of fused-ring (bicyclic) bond motifs is 1. The molecule has 1 aromatic carbocycles. The predicted octanol–water partition coefficient (Wildman–Crippen LogP) is 2.70. The first kappa shape index (κ1) is 16.8. The zero-order chi connectivity index (χ0) is 14.7. The van der Waals surface area contributed by atoms with Gasteiger partial charge < -0.3 is 14.8 Å². The lowest BCUT2D eigenvalue weighted by atomic mass is 10.2. The van der Waals surface area contributed by atoms with Gasteiger partial charge in [0.05, 0.1) is 0 Å². The number of aryl methyl sites for hydroxylation is 1. The Kier molecular flexibility index (Phi) is 5.86. The maximum Gasteiger partial charge on any atom is 0.222 e. The lowest BCUT2D eigenvalue weighted by Crippen LogP contribution is -2.28. The molecule has 22 heavy (non-hydrogen) atoms. The summed E-state index contributed by atoms with van der Waals surface area (Å²) < 4.78 is 2.18. The summed E-state index contributed by atoms with van der Waals surface area (Å²) in [6, 6.07) is 8.49. The predicted molar refractivity (Wildman–Crippen MR) is 92.3 cm³/mol. The summed E-state index contributed by atoms with van der Waals surface area (Å²) in [4.78, 5) is 13.5. The number of nitrogens with zero attached hydrogens (tertiary/aromatic N) is 2. The first-order valence-electron chi connectivity index (χ1n) is 7.77. The summed E-state index contributed by atoms with van der Waals surface area (Å²) >= 11 is 0. The van der Waals surface area contributed by atoms with E-state index in [0.717, 1.165) is 45.4 Å². The molecular weight excluding hydrogens is 298 g/mol. The van der Waals surface area contributed by atoms with E-state index in [0.29, 0.717) is 5.91 Å². The standard InChI is InChI=1S/C17H23N3O.ClH/c1-19-13-14(15-6-2-3-7-16(15)19)12-18-9-5-11-20-10-4-8-17(20)21;/h2-3,6-7,13,18H,4-5,8-12H2,1H3;1H. The first-order valence-corrected chi connectivity index (χ1v) is 7.77. The number of rotatable bonds is 6. The second kappa shape index (κ2) is 7.65. The van der Waals surface area contributed by atoms with Crippen LogP contribution in [0, 0.1) is 0 Å². The van der Waals surface area contributed by atoms with E-state index >= 15 is 0 Å². The summed E-state index contributed by atoms with van der Waals surface area (Å²) in [5, 5.41) is 4.82. The van der Waals surface area contributed by atoms with Gasteiger partial charge in [-0.05, 0) is 31.0 Å². The summed E-state index contributed by atoms with van der Waals surface area (Å²) in [7, 11) is 2.09. The fraction of sp³-hybridized carbons (Fsp3) is 0.471. The van der Waals surface area contributed by atoms with Gasteiger partial charge in [0.2, 0.25) is 5.91 Å². The average Bonchev–Trinajstić information content (AvgIpc) is 3.04. The average molecular weight is 322 g/mol. The van der Waals surface area contributed by atoms with Crippen molar-refractivity contribution in [2.45, 2.75) is 25.8 Å². The van der Waals surface area contributed by atoms with E-state index in [2.05, 4.69) is 47.4 Å². The molecule has 0 aliphatic carbocycles. The SMILES string of the molecule is Cl.Cn1cc(CNCCCN2CCCC2=O)c2ccccc21. The Morgan fingerprint density at radius 2 is 2.09 bits per heavy atom. The van der Waals surface area contributed by atoms with Gasteiger partial charge in [-0.2, -0.15) is 0 Å². The lowest BCUT2D eigenvalue weighted by Gasteiger charge is -2.15. The van der Waals surface area contributed by atoms with Crippen molar-refractivity contribution in [1.82, 2.24) is 14.8 Å². The number of nitrogens with one attached hydrogen (secondary N) is 1. The number of amides is 1. The summed E-state index contributed by atoms with van der Waals surface area (Å²) in [6.45, 7) is 3.67. The van der Waals surface area contributed by atoms with E-state index in [-0.39, 0.29) is 12.4 Å². The van der Waals surface area contributed by atoms with E-state index in [1.165, 1.54) is 16.5 Å². The molecule has 2 heterocycles. The van der Waals surface area contributed by atoms with Gasteiger partial charge in [0.15, 0.2) is 0 Å². The lowest BCUT2D eigenvalue weighted by molar-refractivity contribution is -0.127. The molecule has 1 aliphatic heterocycles. The number of benzene rings is 1. The van der Waals surface area contributed by atoms with Gasteiger partial charge in [-0.3, -0.25) is 4.79 Å². The van der Waals surface area contributed by atoms with Crippen LogP contribution in [0.4, 0.5) is 0 Å². The van der Waals surface area contributed by atoms with Crippen LogP contribution in [0.5, 0.6) is 0 Å². The molecule has 1 fully saturated rings. The molecule has 1 N–H and O–H groups in total. The number of hydrogen-bond donors (Lipinski definition) is 1. The number of likely N-dealkylation sites (tertiary alicyclic amines) is 1. The van der Waals surface area contributed by atoms with Crippen LogP contribution in [0.3, 0.4) is 0 Å². The molecule has 1 saturated heterocycles. The molecule has 1 aromatic heterocycles. The van der Waals surface area contributed by atoms with Gasteiger partial charge in [-0.25, -0.2) is 0 Å². The third kappa shape index (κ3) is 3.62. The highest BCUT2D eigenvalue weighted by Gasteiger charge is 2.18. The third-order valence-corrected chi connectivity index (χ3v) is 4.25. The van der Waals surface area contributed by atoms with Crippen molar-refractivity contribution in [3.63, 3.8) is 0 Å². The number of carbonyl (C=O) groups excluding carboxylic acids is 1. The Balaban J connectivity index is 0.00000176. The molecule has 0 spiro atoms. The molecule has 1 aliphatic rings. The van der Waals surface area contributed by atoms with Gasteiger partial charge in [0.1, 0.15) is 0 Å². The highest BCUT2D eigenvalue weighted by molar-refractivity contribution is 5.85. The smallest absolute Gasteiger partial charge is 0.222 e. The largest absolute Gasteiger partial charge is 0.350 e. The van der Waals surface area contributed by atoms with Gasteiger partial charge in [0, 0.05) is 50.2 Å². The summed E-state index contributed by atoms with van der Waals surface area (Å²) in [5.41, 5.74) is 2.61. The number of para-hydroxylation sites is 1. The fourth-order valence-corrected chi connectivity index (χ4v) is 3.12. The maximum atomic E-state index is 11.5. The molecule has 0 saturated carbocycles. The van der Waals surface area contributed by atoms with Crippen molar-refractivity contribution in [3.05, 3.63) is 36.0 Å². The normalized spacial score (nSPS) is 14.6. The second-order valence-electron chi connectivity index (χ2n) is 5.80. The van der Waals surface area contributed by atoms with E-state index in [1.54, 1.807) is 0 Å². The molecule has 4 nitrogen and oxygen atoms in total. The molecule has 0 atom stereocenters. The minimum absolute atomic E-state index is 0. The van der Waals surface area contributed by atoms with Crippen LogP contribution in [0.25, 0.3) is 10.9 Å². The van der Waals surface area contributed by atoms with E-state index in [9.17, 15) is 4.79 Å². The Morgan fingerprint density at radius 3 is 2.86 bits per heavy atom. The Labute approximate surface area is 137 Å². The van der Waals surface area contributed by atoms with Gasteiger partial charge in [-0.1, -0.05) is 18.2 Å². The number of carbonyl (C=O) groups is 1. The molecule has 3 rings (SSSR count). The van der Waals surface area contributed by atoms with E-state index in [1.807, 2.05) is 4.90 Å². The molecule has 2 aromatic rings. The van der Waals surface area contributed by atoms with Crippen molar-refractivity contribution in [3.8, 4) is 0 Å². The quantitative estimate of drug-likeness (QED) is 0.831. The Bertz CT molecular complexity index is 638. The zero-order valence-electron chi connectivity index (χ0n) is 13.0. The topological polar surface area (TPSA) is 37.3 Å². The van der Waals surface area contributed by atoms with Crippen LogP contribution < -0.4 is 5.32 Å². The minimum Gasteiger partial charge on any atom is -0.350 e. The molecular formula is C17H24ClN3O. The van der Waals surface area contributed by atoms with Crippen molar-refractivity contribution >= 4 is 29.2 Å². The molecule has 0 unspecified atom stereocenters. The van der Waals surface area contributed by atoms with Crippen LogP contribution in [-0.4, -0.2) is 35.0 Å². The van der Waals surface area contributed by atoms with E-state index in [4.69, 9.17) is 0 Å². The van der Waals surface area contributed by atoms with Crippen molar-refractivity contribution in [1.29, 1.82) is 0 Å². The molecule has 120 valence electrons. The summed E-state index contributed by atoms with van der Waals surface area (Å²) in [5.74, 6) is 0.323. The van der Waals surface area contributed by atoms with Gasteiger partial charge in [0.25, 0.3) is 0 Å². The highest BCUT2D eigenvalue weighted by atomic mass is 35.5. The number of halogens is 1. The molecule has 0 radical (unpaired) electrons. The number of aromatic nitrogens is 1. The maximum absolute atomic E-state index is 11.5. The summed E-state index contributed by atoms with van der Waals surface area (Å²) in [6.07, 6.45) is 4.99. The van der Waals surface area contributed by atoms with Crippen LogP contribution in [0.1, 0.15) is 24.8 Å². The zero-order valence-corrected chi connectivity index (χ0v) is 13.9. The van der Waals surface area contributed by atoms with Gasteiger partial charge in [-0.15, -0.1) is 12.4 Å². The Hall–Kier alpha value is -1.52. The third-order valence-electron chi connectivity index (χ3n) is 4.25. The molecule has 5 heteroatoms. The van der Waals surface area contributed by atoms with Crippen molar-refractivity contribution in [2.24, 2.45) is 7.05 Å². The molecule has 1 amide bonds. The fourth-order valence-electron chi connectivity index (χ4n) is 3.12. The second-order valence-corrected chi connectivity index (χ2v) is 5.80. The van der Waals surface area contributed by atoms with Gasteiger partial charge >= 0.3 is 0 Å².